The standard InChI is InChI=1S/C18H21FN2O3S/c1-4-5-13-10-16(25-12(13)3)18(23)21-20-17(22)11(2)24-15-8-6-14(19)7-9-15/h6-11H,4-5H2,1-3H3,(H,20,22)(H,21,23). The number of hydrazine groups is 1. The van der Waals surface area contributed by atoms with Crippen LogP contribution in [-0.4, -0.2) is 17.9 Å². The zero-order valence-corrected chi connectivity index (χ0v) is 15.2. The highest BCUT2D eigenvalue weighted by Crippen LogP contribution is 2.22. The van der Waals surface area contributed by atoms with Gasteiger partial charge in [-0.15, -0.1) is 11.3 Å². The second-order valence-electron chi connectivity index (χ2n) is 5.60. The molecule has 2 aromatic rings. The fourth-order valence-corrected chi connectivity index (χ4v) is 3.17. The average Bonchev–Trinajstić information content (AvgIpc) is 2.95. The van der Waals surface area contributed by atoms with E-state index in [4.69, 9.17) is 4.74 Å². The van der Waals surface area contributed by atoms with Crippen LogP contribution in [0.25, 0.3) is 0 Å². The number of carbonyl (C=O) groups is 2. The Hall–Kier alpha value is -2.41. The molecule has 0 fully saturated rings. The Morgan fingerprint density at radius 2 is 1.92 bits per heavy atom. The maximum Gasteiger partial charge on any atom is 0.279 e. The van der Waals surface area contributed by atoms with Crippen molar-refractivity contribution >= 4 is 23.2 Å². The average molecular weight is 364 g/mol. The maximum atomic E-state index is 12.9. The summed E-state index contributed by atoms with van der Waals surface area (Å²) in [6, 6.07) is 7.20. The molecule has 0 saturated heterocycles. The lowest BCUT2D eigenvalue weighted by Crippen LogP contribution is -2.47. The second kappa shape index (κ2) is 8.62. The molecule has 1 aromatic heterocycles. The van der Waals surface area contributed by atoms with Gasteiger partial charge in [0.2, 0.25) is 0 Å². The summed E-state index contributed by atoms with van der Waals surface area (Å²) in [7, 11) is 0. The number of benzene rings is 1. The molecule has 134 valence electrons. The molecule has 0 aliphatic carbocycles. The molecule has 0 radical (unpaired) electrons. The molecule has 0 aliphatic heterocycles. The Balaban J connectivity index is 1.86. The van der Waals surface area contributed by atoms with Gasteiger partial charge in [-0.2, -0.15) is 0 Å². The van der Waals surface area contributed by atoms with Crippen LogP contribution in [-0.2, 0) is 11.2 Å². The maximum absolute atomic E-state index is 12.9. The quantitative estimate of drug-likeness (QED) is 0.772. The third kappa shape index (κ3) is 5.29. The van der Waals surface area contributed by atoms with E-state index in [1.165, 1.54) is 35.6 Å². The molecule has 0 saturated carbocycles. The number of thiophene rings is 1. The molecule has 7 heteroatoms. The van der Waals surface area contributed by atoms with Gasteiger partial charge < -0.3 is 4.74 Å². The van der Waals surface area contributed by atoms with Crippen molar-refractivity contribution in [3.05, 3.63) is 51.5 Å². The Kier molecular flexibility index (Phi) is 6.52. The normalized spacial score (nSPS) is 11.7. The lowest BCUT2D eigenvalue weighted by atomic mass is 10.1. The minimum Gasteiger partial charge on any atom is -0.481 e. The van der Waals surface area contributed by atoms with Crippen molar-refractivity contribution in [2.45, 2.75) is 39.7 Å². The van der Waals surface area contributed by atoms with E-state index in [1.54, 1.807) is 6.92 Å². The van der Waals surface area contributed by atoms with Crippen LogP contribution in [0.3, 0.4) is 0 Å². The summed E-state index contributed by atoms with van der Waals surface area (Å²) in [5, 5.41) is 0. The van der Waals surface area contributed by atoms with Gasteiger partial charge in [-0.3, -0.25) is 20.4 Å². The fourth-order valence-electron chi connectivity index (χ4n) is 2.20. The van der Waals surface area contributed by atoms with Crippen LogP contribution >= 0.6 is 11.3 Å². The van der Waals surface area contributed by atoms with Gasteiger partial charge in [0, 0.05) is 4.88 Å². The Morgan fingerprint density at radius 3 is 2.56 bits per heavy atom. The molecule has 1 atom stereocenters. The first-order chi connectivity index (χ1) is 11.9. The van der Waals surface area contributed by atoms with E-state index in [0.717, 1.165) is 23.3 Å². The topological polar surface area (TPSA) is 67.4 Å². The van der Waals surface area contributed by atoms with Crippen LogP contribution in [0.4, 0.5) is 4.39 Å². The number of hydrogen-bond acceptors (Lipinski definition) is 4. The van der Waals surface area contributed by atoms with Crippen molar-refractivity contribution < 1.29 is 18.7 Å². The highest BCUT2D eigenvalue weighted by atomic mass is 32.1. The molecule has 2 N–H and O–H groups in total. The van der Waals surface area contributed by atoms with Crippen molar-refractivity contribution in [1.29, 1.82) is 0 Å². The minimum absolute atomic E-state index is 0.363. The predicted octanol–water partition coefficient (Wildman–Crippen LogP) is 3.38. The van der Waals surface area contributed by atoms with E-state index in [9.17, 15) is 14.0 Å². The van der Waals surface area contributed by atoms with Gasteiger partial charge in [0.15, 0.2) is 6.10 Å². The lowest BCUT2D eigenvalue weighted by molar-refractivity contribution is -0.128. The van der Waals surface area contributed by atoms with E-state index >= 15 is 0 Å². The van der Waals surface area contributed by atoms with Gasteiger partial charge in [0.05, 0.1) is 4.88 Å². The van der Waals surface area contributed by atoms with Crippen LogP contribution in [0.2, 0.25) is 0 Å². The monoisotopic (exact) mass is 364 g/mol. The summed E-state index contributed by atoms with van der Waals surface area (Å²) in [6.45, 7) is 5.60. The largest absolute Gasteiger partial charge is 0.481 e. The zero-order valence-electron chi connectivity index (χ0n) is 14.4. The number of rotatable bonds is 6. The van der Waals surface area contributed by atoms with Crippen LogP contribution in [0.15, 0.2) is 30.3 Å². The highest BCUT2D eigenvalue weighted by molar-refractivity contribution is 7.14. The fraction of sp³-hybridized carbons (Fsp3) is 0.333. The summed E-state index contributed by atoms with van der Waals surface area (Å²) in [5.74, 6) is -0.878. The number of halogens is 1. The lowest BCUT2D eigenvalue weighted by Gasteiger charge is -2.14. The van der Waals surface area contributed by atoms with Gasteiger partial charge >= 0.3 is 0 Å². The van der Waals surface area contributed by atoms with Crippen LogP contribution in [0.1, 0.15) is 40.4 Å². The van der Waals surface area contributed by atoms with E-state index in [0.29, 0.717) is 10.6 Å². The first-order valence-corrected chi connectivity index (χ1v) is 8.84. The van der Waals surface area contributed by atoms with Crippen molar-refractivity contribution in [3.8, 4) is 5.75 Å². The van der Waals surface area contributed by atoms with Crippen molar-refractivity contribution in [2.24, 2.45) is 0 Å². The SMILES string of the molecule is CCCc1cc(C(=O)NNC(=O)C(C)Oc2ccc(F)cc2)sc1C. The number of ether oxygens (including phenoxy) is 1. The Labute approximate surface area is 150 Å². The smallest absolute Gasteiger partial charge is 0.279 e. The number of hydrogen-bond donors (Lipinski definition) is 2. The summed E-state index contributed by atoms with van der Waals surface area (Å²) in [5.41, 5.74) is 5.88. The molecule has 0 spiro atoms. The molecule has 25 heavy (non-hydrogen) atoms. The first-order valence-electron chi connectivity index (χ1n) is 8.02. The molecule has 2 rings (SSSR count). The molecule has 2 amide bonds. The Bertz CT molecular complexity index is 743. The number of carbonyl (C=O) groups excluding carboxylic acids is 2. The van der Waals surface area contributed by atoms with Crippen LogP contribution < -0.4 is 15.6 Å². The van der Waals surface area contributed by atoms with Crippen LogP contribution in [0.5, 0.6) is 5.75 Å². The molecular weight excluding hydrogens is 343 g/mol. The van der Waals surface area contributed by atoms with Crippen molar-refractivity contribution in [2.75, 3.05) is 0 Å². The van der Waals surface area contributed by atoms with E-state index in [1.807, 2.05) is 13.0 Å². The van der Waals surface area contributed by atoms with Crippen molar-refractivity contribution in [1.82, 2.24) is 10.9 Å². The predicted molar refractivity (Wildman–Crippen MR) is 95.1 cm³/mol. The number of amides is 2. The van der Waals surface area contributed by atoms with Gasteiger partial charge in [-0.1, -0.05) is 13.3 Å². The first kappa shape index (κ1) is 18.9. The molecule has 0 bridgehead atoms. The van der Waals surface area contributed by atoms with E-state index in [2.05, 4.69) is 17.8 Å². The Morgan fingerprint density at radius 1 is 1.24 bits per heavy atom. The molecule has 1 unspecified atom stereocenters. The summed E-state index contributed by atoms with van der Waals surface area (Å²) in [4.78, 5) is 25.8. The van der Waals surface area contributed by atoms with Gasteiger partial charge in [0.1, 0.15) is 11.6 Å². The molecule has 0 aliphatic rings. The summed E-state index contributed by atoms with van der Waals surface area (Å²) < 4.78 is 18.2. The number of aryl methyl sites for hydroxylation is 2. The second-order valence-corrected chi connectivity index (χ2v) is 6.86. The van der Waals surface area contributed by atoms with Gasteiger partial charge in [-0.05, 0) is 56.2 Å². The van der Waals surface area contributed by atoms with Gasteiger partial charge in [0.25, 0.3) is 11.8 Å². The van der Waals surface area contributed by atoms with E-state index in [-0.39, 0.29) is 11.7 Å². The molecule has 1 heterocycles. The molecule has 1 aromatic carbocycles. The molecule has 5 nitrogen and oxygen atoms in total. The number of nitrogens with one attached hydrogen (secondary N) is 2. The third-order valence-corrected chi connectivity index (χ3v) is 4.65. The molecular formula is C18H21FN2O3S. The zero-order chi connectivity index (χ0) is 18.4. The third-order valence-electron chi connectivity index (χ3n) is 3.56. The highest BCUT2D eigenvalue weighted by Gasteiger charge is 2.17. The van der Waals surface area contributed by atoms with Gasteiger partial charge in [-0.25, -0.2) is 4.39 Å². The summed E-state index contributed by atoms with van der Waals surface area (Å²) in [6.07, 6.45) is 1.09. The van der Waals surface area contributed by atoms with Crippen LogP contribution in [0, 0.1) is 12.7 Å². The van der Waals surface area contributed by atoms with E-state index < -0.39 is 12.0 Å². The summed E-state index contributed by atoms with van der Waals surface area (Å²) >= 11 is 1.40. The minimum atomic E-state index is -0.841. The van der Waals surface area contributed by atoms with Crippen molar-refractivity contribution in [3.63, 3.8) is 0 Å².